The average Bonchev–Trinajstić information content (AvgIpc) is 2.41. The topological polar surface area (TPSA) is 102 Å². The van der Waals surface area contributed by atoms with Crippen LogP contribution in [0.3, 0.4) is 0 Å². The SMILES string of the molecule is O=[N+]([O-])c1ccc(F)c(S(=O)(=O)Nc2ccc(Cl)nc2)c1. The molecule has 0 saturated heterocycles. The second-order valence-electron chi connectivity index (χ2n) is 3.85. The smallest absolute Gasteiger partial charge is 0.271 e. The number of aromatic nitrogens is 1. The summed E-state index contributed by atoms with van der Waals surface area (Å²) in [6, 6.07) is 4.89. The lowest BCUT2D eigenvalue weighted by atomic mass is 10.3. The number of non-ortho nitro benzene ring substituents is 1. The molecule has 0 unspecified atom stereocenters. The molecule has 1 heterocycles. The third kappa shape index (κ3) is 3.44. The van der Waals surface area contributed by atoms with E-state index in [0.29, 0.717) is 12.1 Å². The standard InChI is InChI=1S/C11H7ClFN3O4S/c12-11-4-1-7(6-14-11)15-21(19,20)10-5-8(16(17)18)2-3-9(10)13/h1-6,15H. The van der Waals surface area contributed by atoms with E-state index in [1.807, 2.05) is 0 Å². The Morgan fingerprint density at radius 2 is 2.00 bits per heavy atom. The van der Waals surface area contributed by atoms with Crippen LogP contribution in [0.5, 0.6) is 0 Å². The van der Waals surface area contributed by atoms with Crippen molar-refractivity contribution in [1.82, 2.24) is 4.98 Å². The van der Waals surface area contributed by atoms with Gasteiger partial charge in [0.05, 0.1) is 16.8 Å². The molecule has 0 saturated carbocycles. The first-order chi connectivity index (χ1) is 9.79. The first kappa shape index (κ1) is 15.1. The number of nitrogens with zero attached hydrogens (tertiary/aromatic N) is 2. The van der Waals surface area contributed by atoms with E-state index in [2.05, 4.69) is 9.71 Å². The quantitative estimate of drug-likeness (QED) is 0.527. The summed E-state index contributed by atoms with van der Waals surface area (Å²) in [7, 11) is -4.33. The number of nitro benzene ring substituents is 1. The van der Waals surface area contributed by atoms with Crippen LogP contribution in [-0.2, 0) is 10.0 Å². The van der Waals surface area contributed by atoms with Crippen molar-refractivity contribution >= 4 is 33.0 Å². The van der Waals surface area contributed by atoms with Gasteiger partial charge < -0.3 is 0 Å². The highest BCUT2D eigenvalue weighted by molar-refractivity contribution is 7.92. The van der Waals surface area contributed by atoms with E-state index in [9.17, 15) is 22.9 Å². The predicted molar refractivity (Wildman–Crippen MR) is 73.1 cm³/mol. The van der Waals surface area contributed by atoms with E-state index in [0.717, 1.165) is 12.3 Å². The molecule has 0 fully saturated rings. The van der Waals surface area contributed by atoms with Gasteiger partial charge in [0.1, 0.15) is 15.9 Å². The lowest BCUT2D eigenvalue weighted by Gasteiger charge is -2.08. The van der Waals surface area contributed by atoms with Crippen LogP contribution in [0.2, 0.25) is 5.15 Å². The van der Waals surface area contributed by atoms with Gasteiger partial charge in [-0.2, -0.15) is 0 Å². The van der Waals surface area contributed by atoms with Crippen molar-refractivity contribution in [3.8, 4) is 0 Å². The van der Waals surface area contributed by atoms with Crippen LogP contribution in [0.25, 0.3) is 0 Å². The molecule has 21 heavy (non-hydrogen) atoms. The van der Waals surface area contributed by atoms with Gasteiger partial charge in [-0.15, -0.1) is 0 Å². The van der Waals surface area contributed by atoms with Gasteiger partial charge in [-0.1, -0.05) is 11.6 Å². The largest absolute Gasteiger partial charge is 0.278 e. The summed E-state index contributed by atoms with van der Waals surface area (Å²) in [6.45, 7) is 0. The molecule has 1 N–H and O–H groups in total. The Morgan fingerprint density at radius 1 is 1.29 bits per heavy atom. The number of halogens is 2. The minimum Gasteiger partial charge on any atom is -0.278 e. The Bertz CT molecular complexity index is 796. The minimum absolute atomic E-state index is 0.0466. The Morgan fingerprint density at radius 3 is 2.57 bits per heavy atom. The lowest BCUT2D eigenvalue weighted by molar-refractivity contribution is -0.385. The normalized spacial score (nSPS) is 11.1. The van der Waals surface area contributed by atoms with Crippen molar-refractivity contribution in [3.05, 3.63) is 57.6 Å². The van der Waals surface area contributed by atoms with Crippen LogP contribution in [0.15, 0.2) is 41.4 Å². The van der Waals surface area contributed by atoms with E-state index in [1.54, 1.807) is 0 Å². The van der Waals surface area contributed by atoms with Crippen molar-refractivity contribution in [1.29, 1.82) is 0 Å². The molecule has 1 aromatic carbocycles. The molecule has 10 heteroatoms. The highest BCUT2D eigenvalue weighted by atomic mass is 35.5. The van der Waals surface area contributed by atoms with E-state index in [1.165, 1.54) is 12.1 Å². The summed E-state index contributed by atoms with van der Waals surface area (Å²) in [5.41, 5.74) is -0.490. The fourth-order valence-electron chi connectivity index (χ4n) is 1.46. The van der Waals surface area contributed by atoms with Gasteiger partial charge in [-0.25, -0.2) is 17.8 Å². The van der Waals surface area contributed by atoms with E-state index < -0.39 is 31.3 Å². The summed E-state index contributed by atoms with van der Waals surface area (Å²) in [5, 5.41) is 10.8. The molecule has 7 nitrogen and oxygen atoms in total. The molecule has 2 rings (SSSR count). The highest BCUT2D eigenvalue weighted by Crippen LogP contribution is 2.23. The van der Waals surface area contributed by atoms with Crippen molar-refractivity contribution in [2.24, 2.45) is 0 Å². The zero-order valence-electron chi connectivity index (χ0n) is 10.2. The van der Waals surface area contributed by atoms with Gasteiger partial charge in [-0.3, -0.25) is 14.8 Å². The number of nitro groups is 1. The Kier molecular flexibility index (Phi) is 4.05. The third-order valence-electron chi connectivity index (χ3n) is 2.39. The van der Waals surface area contributed by atoms with Crippen LogP contribution in [0.1, 0.15) is 0 Å². The fourth-order valence-corrected chi connectivity index (χ4v) is 2.71. The summed E-state index contributed by atoms with van der Waals surface area (Å²) in [4.78, 5) is 12.6. The maximum atomic E-state index is 13.6. The number of hydrogen-bond donors (Lipinski definition) is 1. The second kappa shape index (κ2) is 5.62. The maximum Gasteiger partial charge on any atom is 0.271 e. The molecule has 0 radical (unpaired) electrons. The van der Waals surface area contributed by atoms with Gasteiger partial charge in [0.15, 0.2) is 0 Å². The summed E-state index contributed by atoms with van der Waals surface area (Å²) >= 11 is 5.56. The van der Waals surface area contributed by atoms with Gasteiger partial charge in [0.25, 0.3) is 15.7 Å². The molecule has 0 atom stereocenters. The molecule has 0 bridgehead atoms. The van der Waals surface area contributed by atoms with E-state index in [4.69, 9.17) is 11.6 Å². The minimum atomic E-state index is -4.33. The Labute approximate surface area is 123 Å². The number of rotatable bonds is 4. The predicted octanol–water partition coefficient (Wildman–Crippen LogP) is 2.58. The maximum absolute atomic E-state index is 13.6. The molecular formula is C11H7ClFN3O4S. The fraction of sp³-hybridized carbons (Fsp3) is 0. The number of sulfonamides is 1. The lowest BCUT2D eigenvalue weighted by Crippen LogP contribution is -2.15. The Balaban J connectivity index is 2.41. The highest BCUT2D eigenvalue weighted by Gasteiger charge is 2.22. The zero-order chi connectivity index (χ0) is 15.6. The van der Waals surface area contributed by atoms with Crippen molar-refractivity contribution in [2.75, 3.05) is 4.72 Å². The molecular weight excluding hydrogens is 325 g/mol. The zero-order valence-corrected chi connectivity index (χ0v) is 11.7. The second-order valence-corrected chi connectivity index (χ2v) is 5.89. The molecule has 0 aliphatic heterocycles. The number of nitrogens with one attached hydrogen (secondary N) is 1. The van der Waals surface area contributed by atoms with Gasteiger partial charge >= 0.3 is 0 Å². The molecule has 0 aliphatic rings. The molecule has 0 aliphatic carbocycles. The van der Waals surface area contributed by atoms with Crippen molar-refractivity contribution < 1.29 is 17.7 Å². The van der Waals surface area contributed by atoms with Crippen LogP contribution in [0, 0.1) is 15.9 Å². The van der Waals surface area contributed by atoms with Gasteiger partial charge in [0, 0.05) is 12.1 Å². The van der Waals surface area contributed by atoms with E-state index in [-0.39, 0.29) is 10.8 Å². The van der Waals surface area contributed by atoms with Crippen LogP contribution >= 0.6 is 11.6 Å². The molecule has 110 valence electrons. The summed E-state index contributed by atoms with van der Waals surface area (Å²) in [5.74, 6) is -1.10. The number of benzene rings is 1. The molecule has 1 aromatic heterocycles. The number of pyridine rings is 1. The monoisotopic (exact) mass is 331 g/mol. The first-order valence-corrected chi connectivity index (χ1v) is 7.24. The average molecular weight is 332 g/mol. The van der Waals surface area contributed by atoms with Gasteiger partial charge in [-0.05, 0) is 18.2 Å². The summed E-state index contributed by atoms with van der Waals surface area (Å²) in [6.07, 6.45) is 1.13. The third-order valence-corrected chi connectivity index (χ3v) is 4.01. The Hall–Kier alpha value is -2.26. The number of anilines is 1. The first-order valence-electron chi connectivity index (χ1n) is 5.38. The van der Waals surface area contributed by atoms with Crippen LogP contribution in [-0.4, -0.2) is 18.3 Å². The van der Waals surface area contributed by atoms with Crippen LogP contribution < -0.4 is 4.72 Å². The van der Waals surface area contributed by atoms with E-state index >= 15 is 0 Å². The molecule has 2 aromatic rings. The molecule has 0 amide bonds. The van der Waals surface area contributed by atoms with Crippen molar-refractivity contribution in [2.45, 2.75) is 4.90 Å². The van der Waals surface area contributed by atoms with Crippen molar-refractivity contribution in [3.63, 3.8) is 0 Å². The van der Waals surface area contributed by atoms with Crippen LogP contribution in [0.4, 0.5) is 15.8 Å². The van der Waals surface area contributed by atoms with Gasteiger partial charge in [0.2, 0.25) is 0 Å². The number of hydrogen-bond acceptors (Lipinski definition) is 5. The molecule has 0 spiro atoms. The summed E-state index contributed by atoms with van der Waals surface area (Å²) < 4.78 is 39.8.